The molecule has 0 unspecified atom stereocenters. The lowest BCUT2D eigenvalue weighted by Gasteiger charge is -2.37. The summed E-state index contributed by atoms with van der Waals surface area (Å²) >= 11 is 0. The fourth-order valence-electron chi connectivity index (χ4n) is 5.31. The minimum atomic E-state index is -1.34. The zero-order valence-electron chi connectivity index (χ0n) is 22.6. The van der Waals surface area contributed by atoms with Crippen LogP contribution in [0.15, 0.2) is 71.7 Å². The minimum absolute atomic E-state index is 0.0430. The molecule has 2 N–H and O–H groups in total. The number of halogens is 2. The lowest BCUT2D eigenvalue weighted by Crippen LogP contribution is -2.47. The van der Waals surface area contributed by atoms with Crippen molar-refractivity contribution in [2.24, 2.45) is 0 Å². The first-order valence-electron chi connectivity index (χ1n) is 13.7. The van der Waals surface area contributed by atoms with E-state index < -0.39 is 29.1 Å². The summed E-state index contributed by atoms with van der Waals surface area (Å²) in [5, 5.41) is 12.0. The smallest absolute Gasteiger partial charge is 0.411 e. The minimum Gasteiger partial charge on any atom is -0.477 e. The monoisotopic (exact) mass is 574 g/mol. The molecule has 6 rings (SSSR count). The topological polar surface area (TPSA) is 104 Å². The fraction of sp³-hybridized carbons (Fsp3) is 0.258. The van der Waals surface area contributed by atoms with Gasteiger partial charge in [0.2, 0.25) is 5.43 Å². The highest BCUT2D eigenvalue weighted by Crippen LogP contribution is 2.38. The van der Waals surface area contributed by atoms with Crippen molar-refractivity contribution < 1.29 is 28.2 Å². The van der Waals surface area contributed by atoms with Gasteiger partial charge in [-0.15, -0.1) is 0 Å². The molecule has 9 nitrogen and oxygen atoms in total. The van der Waals surface area contributed by atoms with Crippen molar-refractivity contribution in [2.45, 2.75) is 25.5 Å². The maximum atomic E-state index is 15.3. The number of nitrogens with zero attached hydrogens (tertiary/aromatic N) is 3. The van der Waals surface area contributed by atoms with Gasteiger partial charge in [-0.05, 0) is 48.7 Å². The van der Waals surface area contributed by atoms with Crippen LogP contribution in [-0.4, -0.2) is 47.9 Å². The Hall–Kier alpha value is -4.93. The van der Waals surface area contributed by atoms with E-state index in [9.17, 15) is 19.5 Å². The van der Waals surface area contributed by atoms with Gasteiger partial charge in [0.15, 0.2) is 0 Å². The molecule has 1 amide bonds. The van der Waals surface area contributed by atoms with Crippen molar-refractivity contribution in [3.05, 3.63) is 99.8 Å². The molecule has 0 radical (unpaired) electrons. The van der Waals surface area contributed by atoms with Crippen LogP contribution >= 0.6 is 0 Å². The third-order valence-corrected chi connectivity index (χ3v) is 7.64. The normalized spacial score (nSPS) is 15.1. The van der Waals surface area contributed by atoms with Crippen LogP contribution in [0.1, 0.15) is 34.8 Å². The third-order valence-electron chi connectivity index (χ3n) is 7.64. The SMILES string of the molecule is O=C(Nc1ccc(N2CCN(c3cc4c(cc3F)c(=O)c(C(=O)O)cn4C3CC3)CC2)c(F)c1)OCc1ccccc1. The molecule has 0 spiro atoms. The Bertz CT molecular complexity index is 1730. The predicted octanol–water partition coefficient (Wildman–Crippen LogP) is 5.39. The first-order valence-corrected chi connectivity index (χ1v) is 13.7. The van der Waals surface area contributed by atoms with Crippen LogP contribution in [-0.2, 0) is 11.3 Å². The summed E-state index contributed by atoms with van der Waals surface area (Å²) in [5.41, 5.74) is 1.20. The van der Waals surface area contributed by atoms with Gasteiger partial charge in [-0.3, -0.25) is 10.1 Å². The van der Waals surface area contributed by atoms with E-state index in [0.29, 0.717) is 43.1 Å². The number of carboxylic acid groups (broad SMARTS) is 1. The summed E-state index contributed by atoms with van der Waals surface area (Å²) < 4.78 is 37.3. The maximum absolute atomic E-state index is 15.3. The Morgan fingerprint density at radius 2 is 1.57 bits per heavy atom. The second-order valence-electron chi connectivity index (χ2n) is 10.5. The van der Waals surface area contributed by atoms with Crippen molar-refractivity contribution in [3.8, 4) is 0 Å². The zero-order valence-corrected chi connectivity index (χ0v) is 22.6. The molecule has 42 heavy (non-hydrogen) atoms. The summed E-state index contributed by atoms with van der Waals surface area (Å²) in [6.07, 6.45) is 2.38. The molecule has 1 aromatic heterocycles. The fourth-order valence-corrected chi connectivity index (χ4v) is 5.31. The first-order chi connectivity index (χ1) is 20.3. The van der Waals surface area contributed by atoms with Gasteiger partial charge >= 0.3 is 12.1 Å². The van der Waals surface area contributed by atoms with E-state index in [4.69, 9.17) is 4.74 Å². The van der Waals surface area contributed by atoms with E-state index in [1.165, 1.54) is 12.3 Å². The number of aromatic nitrogens is 1. The molecular weight excluding hydrogens is 546 g/mol. The number of nitrogens with one attached hydrogen (secondary N) is 1. The van der Waals surface area contributed by atoms with Crippen LogP contribution in [0.2, 0.25) is 0 Å². The van der Waals surface area contributed by atoms with Gasteiger partial charge in [-0.25, -0.2) is 18.4 Å². The number of benzene rings is 3. The van der Waals surface area contributed by atoms with Crippen LogP contribution in [0, 0.1) is 11.6 Å². The Labute approximate surface area is 239 Å². The molecule has 2 fully saturated rings. The average Bonchev–Trinajstić information content (AvgIpc) is 3.83. The molecule has 0 bridgehead atoms. The van der Waals surface area contributed by atoms with Crippen LogP contribution in [0.5, 0.6) is 0 Å². The third kappa shape index (κ3) is 5.50. The molecule has 216 valence electrons. The number of ether oxygens (including phenoxy) is 1. The first kappa shape index (κ1) is 27.3. The lowest BCUT2D eigenvalue weighted by molar-refractivity contribution is 0.0694. The number of carboxylic acids is 1. The Morgan fingerprint density at radius 3 is 2.21 bits per heavy atom. The van der Waals surface area contributed by atoms with E-state index in [-0.39, 0.29) is 29.3 Å². The summed E-state index contributed by atoms with van der Waals surface area (Å²) in [6, 6.07) is 16.4. The van der Waals surface area contributed by atoms with Crippen LogP contribution < -0.4 is 20.5 Å². The molecule has 1 saturated heterocycles. The second kappa shape index (κ2) is 11.2. The van der Waals surface area contributed by atoms with Crippen molar-refractivity contribution in [2.75, 3.05) is 41.3 Å². The van der Waals surface area contributed by atoms with E-state index in [1.807, 2.05) is 40.1 Å². The maximum Gasteiger partial charge on any atom is 0.411 e. The average molecular weight is 575 g/mol. The summed E-state index contributed by atoms with van der Waals surface area (Å²) in [5.74, 6) is -2.46. The molecule has 1 saturated carbocycles. The Balaban J connectivity index is 1.14. The van der Waals surface area contributed by atoms with Crippen LogP contribution in [0.3, 0.4) is 0 Å². The number of aromatic carboxylic acids is 1. The highest BCUT2D eigenvalue weighted by molar-refractivity contribution is 5.93. The van der Waals surface area contributed by atoms with Crippen molar-refractivity contribution in [1.82, 2.24) is 4.57 Å². The van der Waals surface area contributed by atoms with Gasteiger partial charge in [-0.1, -0.05) is 30.3 Å². The second-order valence-corrected chi connectivity index (χ2v) is 10.5. The number of hydrogen-bond donors (Lipinski definition) is 2. The summed E-state index contributed by atoms with van der Waals surface area (Å²) in [4.78, 5) is 40.2. The molecule has 0 atom stereocenters. The molecule has 2 aliphatic rings. The van der Waals surface area contributed by atoms with Crippen molar-refractivity contribution >= 4 is 40.0 Å². The largest absolute Gasteiger partial charge is 0.477 e. The summed E-state index contributed by atoms with van der Waals surface area (Å²) in [6.45, 7) is 1.71. The van der Waals surface area contributed by atoms with Gasteiger partial charge in [-0.2, -0.15) is 0 Å². The molecule has 4 aromatic rings. The van der Waals surface area contributed by atoms with E-state index in [0.717, 1.165) is 24.5 Å². The van der Waals surface area contributed by atoms with Crippen molar-refractivity contribution in [3.63, 3.8) is 0 Å². The van der Waals surface area contributed by atoms with Gasteiger partial charge in [0.05, 0.1) is 16.9 Å². The number of amides is 1. The number of pyridine rings is 1. The molecule has 1 aliphatic carbocycles. The zero-order chi connectivity index (χ0) is 29.4. The van der Waals surface area contributed by atoms with Gasteiger partial charge < -0.3 is 24.2 Å². The number of rotatable bonds is 7. The number of carbonyl (C=O) groups is 2. The van der Waals surface area contributed by atoms with E-state index >= 15 is 8.78 Å². The Kier molecular flexibility index (Phi) is 7.24. The van der Waals surface area contributed by atoms with Gasteiger partial charge in [0.25, 0.3) is 0 Å². The standard InChI is InChI=1S/C31H28F2N4O5/c32-24-14-20(34-31(41)42-18-19-4-2-1-3-5-19)6-9-26(24)35-10-12-36(13-11-35)28-16-27-22(15-25(28)33)29(38)23(30(39)40)17-37(27)21-7-8-21/h1-6,9,14-17,21H,7-8,10-13,18H2,(H,34,41)(H,39,40). The Morgan fingerprint density at radius 1 is 0.905 bits per heavy atom. The van der Waals surface area contributed by atoms with Gasteiger partial charge in [0, 0.05) is 49.5 Å². The highest BCUT2D eigenvalue weighted by atomic mass is 19.1. The molecule has 2 heterocycles. The molecule has 11 heteroatoms. The lowest BCUT2D eigenvalue weighted by atomic mass is 10.1. The predicted molar refractivity (Wildman–Crippen MR) is 154 cm³/mol. The van der Waals surface area contributed by atoms with Gasteiger partial charge in [0.1, 0.15) is 23.8 Å². The number of hydrogen-bond acceptors (Lipinski definition) is 6. The highest BCUT2D eigenvalue weighted by Gasteiger charge is 2.29. The quantitative estimate of drug-likeness (QED) is 0.305. The molecule has 1 aliphatic heterocycles. The number of anilines is 3. The van der Waals surface area contributed by atoms with Crippen LogP contribution in [0.25, 0.3) is 10.9 Å². The number of piperazine rings is 1. The molecular formula is C31H28F2N4O5. The summed E-state index contributed by atoms with van der Waals surface area (Å²) in [7, 11) is 0. The van der Waals surface area contributed by atoms with E-state index in [2.05, 4.69) is 5.32 Å². The van der Waals surface area contributed by atoms with E-state index in [1.54, 1.807) is 22.8 Å². The number of fused-ring (bicyclic) bond motifs is 1. The van der Waals surface area contributed by atoms with Crippen molar-refractivity contribution in [1.29, 1.82) is 0 Å². The molecule has 3 aromatic carbocycles. The van der Waals surface area contributed by atoms with Crippen LogP contribution in [0.4, 0.5) is 30.6 Å². The number of carbonyl (C=O) groups excluding carboxylic acids is 1.